The van der Waals surface area contributed by atoms with E-state index in [0.29, 0.717) is 25.8 Å². The van der Waals surface area contributed by atoms with Crippen molar-refractivity contribution in [3.05, 3.63) is 35.9 Å². The summed E-state index contributed by atoms with van der Waals surface area (Å²) in [6.07, 6.45) is 10.5. The Labute approximate surface area is 162 Å². The number of unbranched alkanes of at least 4 members (excludes halogenated alkanes) is 6. The molecule has 6 nitrogen and oxygen atoms in total. The van der Waals surface area contributed by atoms with Crippen molar-refractivity contribution in [3.8, 4) is 0 Å². The van der Waals surface area contributed by atoms with Crippen LogP contribution in [0.25, 0.3) is 0 Å². The van der Waals surface area contributed by atoms with Gasteiger partial charge in [-0.05, 0) is 44.2 Å². The van der Waals surface area contributed by atoms with Gasteiger partial charge in [0.15, 0.2) is 0 Å². The minimum Gasteiger partial charge on any atom is -0.344 e. The molecule has 6 heteroatoms. The molecule has 0 fully saturated rings. The third-order valence-electron chi connectivity index (χ3n) is 4.67. The van der Waals surface area contributed by atoms with Crippen LogP contribution < -0.4 is 16.5 Å². The Bertz CT molecular complexity index is 523. The monoisotopic (exact) mass is 377 g/mol. The van der Waals surface area contributed by atoms with Crippen LogP contribution in [-0.4, -0.2) is 29.6 Å². The topological polar surface area (TPSA) is 104 Å². The fourth-order valence-electron chi connectivity index (χ4n) is 3.08. The van der Waals surface area contributed by atoms with Crippen LogP contribution in [0.4, 0.5) is 0 Å². The number of carbonyl (C=O) groups is 2. The van der Waals surface area contributed by atoms with Crippen molar-refractivity contribution in [2.75, 3.05) is 6.54 Å². The number of benzene rings is 1. The molecule has 0 aliphatic heterocycles. The van der Waals surface area contributed by atoms with Crippen molar-refractivity contribution in [1.29, 1.82) is 0 Å². The van der Waals surface area contributed by atoms with Crippen LogP contribution in [0.2, 0.25) is 0 Å². The van der Waals surface area contributed by atoms with E-state index in [2.05, 4.69) is 29.6 Å². The van der Waals surface area contributed by atoms with E-state index in [0.717, 1.165) is 25.7 Å². The molecule has 0 aromatic heterocycles. The quantitative estimate of drug-likeness (QED) is 0.214. The first kappa shape index (κ1) is 23.1. The lowest BCUT2D eigenvalue weighted by Gasteiger charge is -2.16. The van der Waals surface area contributed by atoms with Crippen LogP contribution in [0.3, 0.4) is 0 Å². The fourth-order valence-corrected chi connectivity index (χ4v) is 3.08. The Kier molecular flexibility index (Phi) is 13.0. The SMILES string of the molecule is NCCC[C@@H](NC(=O)CCCCCCCCCc1ccccc1)C(=O)NO. The zero-order valence-electron chi connectivity index (χ0n) is 16.3. The summed E-state index contributed by atoms with van der Waals surface area (Å²) < 4.78 is 0. The molecule has 2 amide bonds. The largest absolute Gasteiger partial charge is 0.344 e. The molecule has 1 rings (SSSR count). The zero-order chi connectivity index (χ0) is 19.7. The van der Waals surface area contributed by atoms with Gasteiger partial charge < -0.3 is 11.1 Å². The van der Waals surface area contributed by atoms with Gasteiger partial charge in [-0.15, -0.1) is 0 Å². The van der Waals surface area contributed by atoms with E-state index in [1.54, 1.807) is 5.48 Å². The van der Waals surface area contributed by atoms with Crippen molar-refractivity contribution in [3.63, 3.8) is 0 Å². The van der Waals surface area contributed by atoms with E-state index in [1.807, 2.05) is 6.07 Å². The van der Waals surface area contributed by atoms with Crippen LogP contribution in [0.1, 0.15) is 69.8 Å². The van der Waals surface area contributed by atoms with Crippen molar-refractivity contribution in [1.82, 2.24) is 10.8 Å². The number of hydrogen-bond acceptors (Lipinski definition) is 4. The fraction of sp³-hybridized carbons (Fsp3) is 0.619. The summed E-state index contributed by atoms with van der Waals surface area (Å²) in [5, 5.41) is 11.4. The van der Waals surface area contributed by atoms with E-state index >= 15 is 0 Å². The van der Waals surface area contributed by atoms with E-state index in [-0.39, 0.29) is 5.91 Å². The average Bonchev–Trinajstić information content (AvgIpc) is 2.70. The summed E-state index contributed by atoms with van der Waals surface area (Å²) in [6.45, 7) is 0.441. The predicted molar refractivity (Wildman–Crippen MR) is 107 cm³/mol. The lowest BCUT2D eigenvalue weighted by molar-refractivity contribution is -0.134. The van der Waals surface area contributed by atoms with Crippen molar-refractivity contribution < 1.29 is 14.8 Å². The number of hydrogen-bond donors (Lipinski definition) is 4. The Morgan fingerprint density at radius 1 is 0.926 bits per heavy atom. The molecule has 0 heterocycles. The molecule has 27 heavy (non-hydrogen) atoms. The predicted octanol–water partition coefficient (Wildman–Crippen LogP) is 3.08. The zero-order valence-corrected chi connectivity index (χ0v) is 16.3. The summed E-state index contributed by atoms with van der Waals surface area (Å²) in [4.78, 5) is 23.5. The van der Waals surface area contributed by atoms with Gasteiger partial charge in [0.05, 0.1) is 0 Å². The second-order valence-corrected chi connectivity index (χ2v) is 6.99. The lowest BCUT2D eigenvalue weighted by atomic mass is 10.0. The van der Waals surface area contributed by atoms with Crippen molar-refractivity contribution in [2.24, 2.45) is 5.73 Å². The van der Waals surface area contributed by atoms with E-state index in [9.17, 15) is 9.59 Å². The number of hydroxylamine groups is 1. The summed E-state index contributed by atoms with van der Waals surface area (Å²) >= 11 is 0. The number of carbonyl (C=O) groups excluding carboxylic acids is 2. The summed E-state index contributed by atoms with van der Waals surface area (Å²) in [5.41, 5.74) is 8.43. The maximum Gasteiger partial charge on any atom is 0.265 e. The van der Waals surface area contributed by atoms with Crippen LogP contribution in [0.5, 0.6) is 0 Å². The van der Waals surface area contributed by atoms with Crippen LogP contribution in [0.15, 0.2) is 30.3 Å². The highest BCUT2D eigenvalue weighted by Gasteiger charge is 2.19. The third-order valence-corrected chi connectivity index (χ3v) is 4.67. The van der Waals surface area contributed by atoms with Gasteiger partial charge in [0, 0.05) is 6.42 Å². The summed E-state index contributed by atoms with van der Waals surface area (Å²) in [7, 11) is 0. The first-order valence-electron chi connectivity index (χ1n) is 10.1. The molecule has 0 aliphatic rings. The minimum atomic E-state index is -0.712. The highest BCUT2D eigenvalue weighted by molar-refractivity contribution is 5.86. The van der Waals surface area contributed by atoms with Crippen LogP contribution in [0, 0.1) is 0 Å². The van der Waals surface area contributed by atoms with Gasteiger partial charge >= 0.3 is 0 Å². The second kappa shape index (κ2) is 15.2. The van der Waals surface area contributed by atoms with E-state index < -0.39 is 11.9 Å². The first-order valence-corrected chi connectivity index (χ1v) is 10.1. The molecule has 0 aliphatic carbocycles. The number of nitrogens with one attached hydrogen (secondary N) is 2. The molecular weight excluding hydrogens is 342 g/mol. The van der Waals surface area contributed by atoms with E-state index in [1.165, 1.54) is 31.2 Å². The highest BCUT2D eigenvalue weighted by Crippen LogP contribution is 2.11. The summed E-state index contributed by atoms with van der Waals surface area (Å²) in [6, 6.07) is 9.86. The molecule has 0 radical (unpaired) electrons. The molecular formula is C21H35N3O3. The number of rotatable bonds is 15. The second-order valence-electron chi connectivity index (χ2n) is 6.99. The van der Waals surface area contributed by atoms with Crippen molar-refractivity contribution in [2.45, 2.75) is 76.7 Å². The van der Waals surface area contributed by atoms with Gasteiger partial charge in [-0.3, -0.25) is 14.8 Å². The van der Waals surface area contributed by atoms with Gasteiger partial charge in [-0.2, -0.15) is 0 Å². The normalized spacial score (nSPS) is 11.8. The van der Waals surface area contributed by atoms with Gasteiger partial charge in [0.1, 0.15) is 6.04 Å². The maximum atomic E-state index is 11.9. The minimum absolute atomic E-state index is 0.150. The molecule has 152 valence electrons. The maximum absolute atomic E-state index is 11.9. The standard InChI is InChI=1S/C21H35N3O3/c22-17-11-15-19(21(26)24-27)23-20(25)16-10-5-3-1-2-4-7-12-18-13-8-6-9-14-18/h6,8-9,13-14,19,27H,1-5,7,10-12,15-17,22H2,(H,23,25)(H,24,26)/t19-/m1/s1. The molecule has 5 N–H and O–H groups in total. The molecule has 0 unspecified atom stereocenters. The molecule has 0 bridgehead atoms. The Morgan fingerprint density at radius 2 is 1.56 bits per heavy atom. The Balaban J connectivity index is 2.01. The van der Waals surface area contributed by atoms with Crippen LogP contribution >= 0.6 is 0 Å². The Morgan fingerprint density at radius 3 is 2.19 bits per heavy atom. The average molecular weight is 378 g/mol. The Hall–Kier alpha value is -1.92. The molecule has 1 aromatic carbocycles. The lowest BCUT2D eigenvalue weighted by Crippen LogP contribution is -2.46. The number of amides is 2. The number of aryl methyl sites for hydroxylation is 1. The number of nitrogens with two attached hydrogens (primary N) is 1. The highest BCUT2D eigenvalue weighted by atomic mass is 16.5. The van der Waals surface area contributed by atoms with Gasteiger partial charge in [0.25, 0.3) is 5.91 Å². The first-order chi connectivity index (χ1) is 13.2. The van der Waals surface area contributed by atoms with Crippen LogP contribution in [-0.2, 0) is 16.0 Å². The van der Waals surface area contributed by atoms with E-state index in [4.69, 9.17) is 10.9 Å². The van der Waals surface area contributed by atoms with Crippen molar-refractivity contribution >= 4 is 11.8 Å². The van der Waals surface area contributed by atoms with Gasteiger partial charge in [-0.25, -0.2) is 5.48 Å². The molecule has 1 atom stereocenters. The smallest absolute Gasteiger partial charge is 0.265 e. The van der Waals surface area contributed by atoms with Gasteiger partial charge in [0.2, 0.25) is 5.91 Å². The molecule has 1 aromatic rings. The molecule has 0 saturated heterocycles. The third kappa shape index (κ3) is 11.4. The molecule has 0 saturated carbocycles. The summed E-state index contributed by atoms with van der Waals surface area (Å²) in [5.74, 6) is -0.740. The molecule has 0 spiro atoms. The van der Waals surface area contributed by atoms with Gasteiger partial charge in [-0.1, -0.05) is 62.4 Å².